The Bertz CT molecular complexity index is 1230. The number of β-amino-alcohol motifs (C(OH)–C–C–N with tert-alkyl or cyclic N) is 1. The number of nitrogens with one attached hydrogen (secondary N) is 1. The number of carbonyl (C=O) groups excluding carboxylic acids is 1. The molecule has 2 aliphatic rings. The number of amides is 1. The van der Waals surface area contributed by atoms with Crippen LogP contribution in [0.5, 0.6) is 0 Å². The maximum atomic E-state index is 15.6. The van der Waals surface area contributed by atoms with E-state index >= 15 is 4.39 Å². The number of hydrogen-bond donors (Lipinski definition) is 3. The maximum Gasteiger partial charge on any atom is 0.231 e. The zero-order valence-electron chi connectivity index (χ0n) is 20.9. The van der Waals surface area contributed by atoms with Gasteiger partial charge in [-0.15, -0.1) is 0 Å². The lowest BCUT2D eigenvalue weighted by Crippen LogP contribution is -2.48. The number of anilines is 2. The molecule has 37 heavy (non-hydrogen) atoms. The van der Waals surface area contributed by atoms with E-state index in [1.54, 1.807) is 4.68 Å². The van der Waals surface area contributed by atoms with E-state index in [4.69, 9.17) is 5.73 Å². The lowest BCUT2D eigenvalue weighted by atomic mass is 9.93. The van der Waals surface area contributed by atoms with Crippen molar-refractivity contribution in [1.29, 1.82) is 0 Å². The average molecular weight is 509 g/mol. The van der Waals surface area contributed by atoms with E-state index < -0.39 is 17.8 Å². The van der Waals surface area contributed by atoms with Gasteiger partial charge in [-0.1, -0.05) is 24.3 Å². The molecule has 3 aromatic rings. The number of aromatic nitrogens is 4. The molecule has 2 atom stereocenters. The van der Waals surface area contributed by atoms with Gasteiger partial charge in [-0.3, -0.25) is 14.4 Å². The van der Waals surface area contributed by atoms with Crippen LogP contribution >= 0.6 is 0 Å². The number of nitrogens with zero attached hydrogens (tertiary/aromatic N) is 6. The average Bonchev–Trinajstić information content (AvgIpc) is 3.63. The molecule has 2 aromatic heterocycles. The molecule has 1 saturated heterocycles. The summed E-state index contributed by atoms with van der Waals surface area (Å²) in [5, 5.41) is 17.8. The highest BCUT2D eigenvalue weighted by Crippen LogP contribution is 2.35. The number of piperidine rings is 1. The van der Waals surface area contributed by atoms with Crippen molar-refractivity contribution in [2.45, 2.75) is 38.0 Å². The van der Waals surface area contributed by atoms with Crippen LogP contribution in [0, 0.1) is 11.7 Å². The second-order valence-corrected chi connectivity index (χ2v) is 10.0. The van der Waals surface area contributed by atoms with Crippen molar-refractivity contribution in [1.82, 2.24) is 24.6 Å². The summed E-state index contributed by atoms with van der Waals surface area (Å²) >= 11 is 0. The van der Waals surface area contributed by atoms with E-state index in [-0.39, 0.29) is 30.1 Å². The van der Waals surface area contributed by atoms with Gasteiger partial charge in [0.1, 0.15) is 6.33 Å². The normalized spacial score (nSPS) is 20.1. The first-order chi connectivity index (χ1) is 17.9. The number of aliphatic hydroxyl groups is 1. The molecule has 0 radical (unpaired) electrons. The minimum absolute atomic E-state index is 0.0835. The van der Waals surface area contributed by atoms with Crippen molar-refractivity contribution in [2.24, 2.45) is 18.7 Å². The molecule has 3 heterocycles. The van der Waals surface area contributed by atoms with Gasteiger partial charge in [0, 0.05) is 50.4 Å². The lowest BCUT2D eigenvalue weighted by Gasteiger charge is -2.35. The van der Waals surface area contributed by atoms with Gasteiger partial charge in [0.15, 0.2) is 11.6 Å². The fourth-order valence-corrected chi connectivity index (χ4v) is 4.89. The third kappa shape index (κ3) is 6.05. The highest BCUT2D eigenvalue weighted by atomic mass is 19.1. The van der Waals surface area contributed by atoms with E-state index in [2.05, 4.69) is 44.6 Å². The standard InChI is InChI=1S/C26H33FN8O2/c1-33-13-20(11-32-33)18-4-2-17(3-5-18)12-35(21-6-7-21)26-24(27)25(30-16-31-26)29-10-19-8-9-34(14-22(19)36)15-23(28)37/h2-5,11,13,16,19,21-22,36H,6-10,12,14-15H2,1H3,(H2,28,37)(H,29,30,31). The topological polar surface area (TPSA) is 125 Å². The number of primary amides is 1. The minimum Gasteiger partial charge on any atom is -0.391 e. The summed E-state index contributed by atoms with van der Waals surface area (Å²) < 4.78 is 17.4. The monoisotopic (exact) mass is 508 g/mol. The van der Waals surface area contributed by atoms with Crippen molar-refractivity contribution in [3.8, 4) is 11.1 Å². The van der Waals surface area contributed by atoms with Crippen molar-refractivity contribution in [2.75, 3.05) is 36.4 Å². The second kappa shape index (κ2) is 10.8. The van der Waals surface area contributed by atoms with Crippen molar-refractivity contribution in [3.63, 3.8) is 0 Å². The van der Waals surface area contributed by atoms with Crippen molar-refractivity contribution >= 4 is 17.5 Å². The SMILES string of the molecule is Cn1cc(-c2ccc(CN(c3ncnc(NCC4CCN(CC(N)=O)CC4O)c3F)C3CC3)cc2)cn1. The predicted octanol–water partition coefficient (Wildman–Crippen LogP) is 1.77. The summed E-state index contributed by atoms with van der Waals surface area (Å²) in [6.07, 6.45) is 7.21. The molecule has 1 amide bonds. The van der Waals surface area contributed by atoms with Crippen LogP contribution in [0.1, 0.15) is 24.8 Å². The summed E-state index contributed by atoms with van der Waals surface area (Å²) in [5.74, 6) is -0.562. The van der Waals surface area contributed by atoms with Gasteiger partial charge in [0.25, 0.3) is 0 Å². The minimum atomic E-state index is -0.637. The third-order valence-corrected chi connectivity index (χ3v) is 7.09. The first-order valence-electron chi connectivity index (χ1n) is 12.6. The number of benzene rings is 1. The van der Waals surface area contributed by atoms with Crippen LogP contribution in [-0.2, 0) is 18.4 Å². The Morgan fingerprint density at radius 2 is 2.00 bits per heavy atom. The lowest BCUT2D eigenvalue weighted by molar-refractivity contribution is -0.120. The molecule has 11 heteroatoms. The number of aliphatic hydroxyl groups excluding tert-OH is 1. The number of rotatable bonds is 10. The third-order valence-electron chi connectivity index (χ3n) is 7.09. The van der Waals surface area contributed by atoms with E-state index in [1.807, 2.05) is 29.2 Å². The Balaban J connectivity index is 1.25. The molecule has 2 unspecified atom stereocenters. The fourth-order valence-electron chi connectivity index (χ4n) is 4.89. The zero-order chi connectivity index (χ0) is 25.9. The second-order valence-electron chi connectivity index (χ2n) is 10.0. The van der Waals surface area contributed by atoms with Crippen molar-refractivity contribution in [3.05, 3.63) is 54.4 Å². The van der Waals surface area contributed by atoms with Gasteiger partial charge >= 0.3 is 0 Å². The highest BCUT2D eigenvalue weighted by molar-refractivity contribution is 5.75. The quantitative estimate of drug-likeness (QED) is 0.378. The number of aryl methyl sites for hydroxylation is 1. The summed E-state index contributed by atoms with van der Waals surface area (Å²) in [7, 11) is 1.89. The van der Waals surface area contributed by atoms with Crippen LogP contribution in [-0.4, -0.2) is 74.0 Å². The van der Waals surface area contributed by atoms with Gasteiger partial charge in [0.05, 0.1) is 18.8 Å². The predicted molar refractivity (Wildman–Crippen MR) is 138 cm³/mol. The summed E-state index contributed by atoms with van der Waals surface area (Å²) in [6.45, 7) is 2.06. The smallest absolute Gasteiger partial charge is 0.231 e. The number of nitrogens with two attached hydrogens (primary N) is 1. The van der Waals surface area contributed by atoms with Gasteiger partial charge in [-0.05, 0) is 36.9 Å². The zero-order valence-corrected chi connectivity index (χ0v) is 20.9. The number of carbonyl (C=O) groups is 1. The highest BCUT2D eigenvalue weighted by Gasteiger charge is 2.33. The number of likely N-dealkylation sites (tertiary alicyclic amines) is 1. The Kier molecular flexibility index (Phi) is 7.33. The van der Waals surface area contributed by atoms with Crippen LogP contribution in [0.25, 0.3) is 11.1 Å². The molecule has 10 nitrogen and oxygen atoms in total. The van der Waals surface area contributed by atoms with E-state index in [0.29, 0.717) is 32.6 Å². The molecule has 1 aliphatic carbocycles. The summed E-state index contributed by atoms with van der Waals surface area (Å²) in [6, 6.07) is 8.47. The van der Waals surface area contributed by atoms with E-state index in [9.17, 15) is 9.90 Å². The number of hydrogen-bond acceptors (Lipinski definition) is 8. The Morgan fingerprint density at radius 1 is 1.22 bits per heavy atom. The Labute approximate surface area is 215 Å². The molecular formula is C26H33FN8O2. The molecule has 0 bridgehead atoms. The first kappa shape index (κ1) is 25.1. The molecule has 4 N–H and O–H groups in total. The maximum absolute atomic E-state index is 15.6. The van der Waals surface area contributed by atoms with Crippen LogP contribution in [0.15, 0.2) is 43.0 Å². The van der Waals surface area contributed by atoms with Gasteiger partial charge in [-0.25, -0.2) is 9.97 Å². The molecule has 2 fully saturated rings. The van der Waals surface area contributed by atoms with E-state index in [0.717, 1.165) is 29.5 Å². The molecular weight excluding hydrogens is 475 g/mol. The molecule has 1 aromatic carbocycles. The molecule has 1 aliphatic heterocycles. The summed E-state index contributed by atoms with van der Waals surface area (Å²) in [5.41, 5.74) is 8.46. The number of halogens is 1. The summed E-state index contributed by atoms with van der Waals surface area (Å²) in [4.78, 5) is 23.4. The Hall–Kier alpha value is -3.57. The van der Waals surface area contributed by atoms with Gasteiger partial charge < -0.3 is 21.1 Å². The molecule has 0 spiro atoms. The van der Waals surface area contributed by atoms with E-state index in [1.165, 1.54) is 6.33 Å². The first-order valence-corrected chi connectivity index (χ1v) is 12.6. The fraction of sp³-hybridized carbons (Fsp3) is 0.462. The molecule has 196 valence electrons. The van der Waals surface area contributed by atoms with Crippen LogP contribution in [0.4, 0.5) is 16.0 Å². The Morgan fingerprint density at radius 3 is 2.65 bits per heavy atom. The van der Waals surface area contributed by atoms with Gasteiger partial charge in [0.2, 0.25) is 11.7 Å². The van der Waals surface area contributed by atoms with Crippen LogP contribution < -0.4 is 16.0 Å². The van der Waals surface area contributed by atoms with Crippen LogP contribution in [0.2, 0.25) is 0 Å². The van der Waals surface area contributed by atoms with Crippen LogP contribution in [0.3, 0.4) is 0 Å². The van der Waals surface area contributed by atoms with Crippen molar-refractivity contribution < 1.29 is 14.3 Å². The largest absolute Gasteiger partial charge is 0.391 e. The molecule has 5 rings (SSSR count). The van der Waals surface area contributed by atoms with Gasteiger partial charge in [-0.2, -0.15) is 9.49 Å². The molecule has 1 saturated carbocycles.